The summed E-state index contributed by atoms with van der Waals surface area (Å²) in [7, 11) is 0. The van der Waals surface area contributed by atoms with Crippen molar-refractivity contribution < 1.29 is 60.1 Å². The van der Waals surface area contributed by atoms with E-state index >= 15 is 4.79 Å². The second kappa shape index (κ2) is 18.5. The molecule has 1 aliphatic carbocycles. The molecule has 7 rings (SSSR count). The molecule has 2 N–H and O–H groups in total. The van der Waals surface area contributed by atoms with E-state index in [1.165, 1.54) is 65.3 Å². The molecule has 0 spiro atoms. The molecule has 330 valence electrons. The molecule has 3 aliphatic rings. The molecule has 4 atom stereocenters. The number of likely N-dealkylation sites (tertiary alicyclic amines) is 2. The average Bonchev–Trinajstić information content (AvgIpc) is 3.65. The number of ether oxygens (including phenoxy) is 4. The summed E-state index contributed by atoms with van der Waals surface area (Å²) in [6.07, 6.45) is 1.40. The van der Waals surface area contributed by atoms with E-state index in [2.05, 4.69) is 30.3 Å². The van der Waals surface area contributed by atoms with E-state index in [0.717, 1.165) is 36.3 Å². The molecule has 62 heavy (non-hydrogen) atoms. The van der Waals surface area contributed by atoms with E-state index in [1.54, 1.807) is 13.8 Å². The fraction of sp³-hybridized carbons (Fsp3) is 0.429. The molecule has 14 nitrogen and oxygen atoms in total. The Morgan fingerprint density at radius 2 is 1.39 bits per heavy atom. The summed E-state index contributed by atoms with van der Waals surface area (Å²) >= 11 is 1.14. The molecule has 2 aliphatic heterocycles. The fourth-order valence-electron chi connectivity index (χ4n) is 7.94. The van der Waals surface area contributed by atoms with Crippen LogP contribution in [0.4, 0.5) is 32.8 Å². The highest BCUT2D eigenvalue weighted by Gasteiger charge is 2.58. The van der Waals surface area contributed by atoms with Crippen LogP contribution in [0.15, 0.2) is 60.7 Å². The van der Waals surface area contributed by atoms with Crippen molar-refractivity contribution in [2.75, 3.05) is 36.9 Å². The van der Waals surface area contributed by atoms with E-state index in [4.69, 9.17) is 9.47 Å². The molecule has 2 saturated heterocycles. The number of rotatable bonds is 18. The largest absolute Gasteiger partial charge is 0.490 e. The van der Waals surface area contributed by atoms with Crippen molar-refractivity contribution in [1.82, 2.24) is 20.0 Å². The van der Waals surface area contributed by atoms with Gasteiger partial charge in [-0.25, -0.2) is 4.39 Å². The Hall–Kier alpha value is -6.05. The van der Waals surface area contributed by atoms with Crippen molar-refractivity contribution in [1.29, 1.82) is 0 Å². The number of hydrogen-bond donors (Lipinski definition) is 2. The number of alkyl halides is 4. The zero-order chi connectivity index (χ0) is 44.3. The van der Waals surface area contributed by atoms with Gasteiger partial charge in [-0.2, -0.15) is 17.6 Å². The van der Waals surface area contributed by atoms with Gasteiger partial charge in [0.15, 0.2) is 23.0 Å². The molecule has 1 aromatic heterocycles. The van der Waals surface area contributed by atoms with E-state index in [-0.39, 0.29) is 78.9 Å². The topological polar surface area (TPSA) is 162 Å². The minimum absolute atomic E-state index is 0.000289. The van der Waals surface area contributed by atoms with Gasteiger partial charge in [0.1, 0.15) is 22.4 Å². The summed E-state index contributed by atoms with van der Waals surface area (Å²) < 4.78 is 87.9. The Morgan fingerprint density at radius 1 is 0.790 bits per heavy atom. The summed E-state index contributed by atoms with van der Waals surface area (Å²) in [6.45, 7) is -1.77. The minimum atomic E-state index is -3.14. The first kappa shape index (κ1) is 44.0. The lowest BCUT2D eigenvalue weighted by Gasteiger charge is -2.45. The Kier molecular flexibility index (Phi) is 13.1. The molecule has 4 amide bonds. The fourth-order valence-corrected chi connectivity index (χ4v) is 8.85. The van der Waals surface area contributed by atoms with Crippen LogP contribution in [-0.2, 0) is 19.2 Å². The number of carbonyl (C=O) groups excluding carboxylic acids is 4. The standard InChI is InChI=1S/C42H43F5N6O8S/c1-4-58-31-15-23(11-13-29(31)60-39(44)45)25-17-33(54)52(20-25)35(36(56)48-28-8-6-7-27(43)19-28)42(3,38(57)49-41-51-50-37(62-41)22-9-10-22)53-21-26(18-34(53)55)24-12-14-30(61-40(46)47)32(16-24)59-5-2/h6-8,11-16,19,22,25-26,35,39-40H,4-5,9-10,17-18,20-21H2,1-3H3,(H,48,56)(H,49,51,57). The van der Waals surface area contributed by atoms with Gasteiger partial charge in [0.25, 0.3) is 5.91 Å². The van der Waals surface area contributed by atoms with Gasteiger partial charge in [-0.1, -0.05) is 29.5 Å². The maximum Gasteiger partial charge on any atom is 0.387 e. The average molecular weight is 887 g/mol. The lowest BCUT2D eigenvalue weighted by Crippen LogP contribution is -2.70. The molecule has 3 fully saturated rings. The first-order valence-electron chi connectivity index (χ1n) is 19.9. The van der Waals surface area contributed by atoms with Crippen molar-refractivity contribution in [2.24, 2.45) is 0 Å². The lowest BCUT2D eigenvalue weighted by molar-refractivity contribution is -0.153. The molecule has 0 bridgehead atoms. The number of carbonyl (C=O) groups is 4. The molecule has 1 saturated carbocycles. The summed E-state index contributed by atoms with van der Waals surface area (Å²) in [5.41, 5.74) is -1.26. The lowest BCUT2D eigenvalue weighted by atomic mass is 9.86. The highest BCUT2D eigenvalue weighted by Crippen LogP contribution is 2.44. The molecule has 4 aromatic rings. The Morgan fingerprint density at radius 3 is 1.95 bits per heavy atom. The van der Waals surface area contributed by atoms with Crippen molar-refractivity contribution >= 4 is 45.8 Å². The summed E-state index contributed by atoms with van der Waals surface area (Å²) in [6, 6.07) is 11.7. The van der Waals surface area contributed by atoms with Crippen LogP contribution < -0.4 is 29.6 Å². The van der Waals surface area contributed by atoms with Crippen molar-refractivity contribution in [3.8, 4) is 23.0 Å². The molecule has 3 heterocycles. The second-order valence-electron chi connectivity index (χ2n) is 15.1. The first-order chi connectivity index (χ1) is 29.7. The van der Waals surface area contributed by atoms with E-state index in [9.17, 15) is 36.3 Å². The molecule has 0 radical (unpaired) electrons. The van der Waals surface area contributed by atoms with E-state index < -0.39 is 66.1 Å². The number of anilines is 2. The van der Waals surface area contributed by atoms with Crippen LogP contribution in [-0.4, -0.2) is 94.7 Å². The molecular formula is C42H43F5N6O8S. The zero-order valence-electron chi connectivity index (χ0n) is 33.7. The number of nitrogens with zero attached hydrogens (tertiary/aromatic N) is 4. The normalized spacial score (nSPS) is 19.1. The highest BCUT2D eigenvalue weighted by atomic mass is 32.1. The van der Waals surface area contributed by atoms with Gasteiger partial charge in [0, 0.05) is 49.4 Å². The Balaban J connectivity index is 1.30. The van der Waals surface area contributed by atoms with Crippen LogP contribution in [0.1, 0.15) is 80.3 Å². The predicted octanol–water partition coefficient (Wildman–Crippen LogP) is 7.29. The van der Waals surface area contributed by atoms with Crippen molar-refractivity contribution in [3.63, 3.8) is 0 Å². The van der Waals surface area contributed by atoms with Crippen molar-refractivity contribution in [2.45, 2.75) is 89.0 Å². The van der Waals surface area contributed by atoms with Crippen LogP contribution in [0.2, 0.25) is 0 Å². The predicted molar refractivity (Wildman–Crippen MR) is 214 cm³/mol. The van der Waals surface area contributed by atoms with Crippen LogP contribution in [0.5, 0.6) is 23.0 Å². The van der Waals surface area contributed by atoms with Crippen molar-refractivity contribution in [3.05, 3.63) is 82.6 Å². The third-order valence-corrected chi connectivity index (χ3v) is 12.0. The molecule has 20 heteroatoms. The quantitative estimate of drug-likeness (QED) is 0.0972. The molecule has 3 aromatic carbocycles. The number of amides is 4. The summed E-state index contributed by atoms with van der Waals surface area (Å²) in [5, 5.41) is 14.5. The maximum atomic E-state index is 15.1. The SMILES string of the molecule is CCOc1cc(C2CC(=O)N(C(C(=O)Nc3cccc(F)c3)C(C)(C(=O)Nc3nnc(C4CC4)s3)N3CC(c4ccc(OC(F)F)c(OCC)c4)CC3=O)C2)ccc1OC(F)F. The number of hydrogen-bond acceptors (Lipinski definition) is 11. The Labute approximate surface area is 356 Å². The van der Waals surface area contributed by atoms with Gasteiger partial charge in [0.2, 0.25) is 22.9 Å². The van der Waals surface area contributed by atoms with Gasteiger partial charge in [-0.15, -0.1) is 10.2 Å². The van der Waals surface area contributed by atoms with Crippen LogP contribution in [0.3, 0.4) is 0 Å². The van der Waals surface area contributed by atoms with Gasteiger partial charge in [0.05, 0.1) is 13.2 Å². The van der Waals surface area contributed by atoms with Gasteiger partial charge >= 0.3 is 13.2 Å². The summed E-state index contributed by atoms with van der Waals surface area (Å²) in [5.74, 6) is -5.28. The van der Waals surface area contributed by atoms with Gasteiger partial charge in [-0.05, 0) is 87.2 Å². The third-order valence-electron chi connectivity index (χ3n) is 11.0. The van der Waals surface area contributed by atoms with Crippen LogP contribution in [0.25, 0.3) is 0 Å². The second-order valence-corrected chi connectivity index (χ2v) is 16.1. The summed E-state index contributed by atoms with van der Waals surface area (Å²) in [4.78, 5) is 61.1. The smallest absolute Gasteiger partial charge is 0.387 e. The number of aromatic nitrogens is 2. The third kappa shape index (κ3) is 9.54. The number of halogens is 5. The Bertz CT molecular complexity index is 2320. The van der Waals surface area contributed by atoms with Crippen LogP contribution in [0, 0.1) is 5.82 Å². The van der Waals surface area contributed by atoms with E-state index in [0.29, 0.717) is 16.1 Å². The van der Waals surface area contributed by atoms with Crippen LogP contribution >= 0.6 is 11.3 Å². The van der Waals surface area contributed by atoms with Gasteiger partial charge < -0.3 is 34.1 Å². The highest BCUT2D eigenvalue weighted by molar-refractivity contribution is 7.15. The van der Waals surface area contributed by atoms with Gasteiger partial charge in [-0.3, -0.25) is 24.5 Å². The first-order valence-corrected chi connectivity index (χ1v) is 20.7. The number of benzene rings is 3. The zero-order valence-corrected chi connectivity index (χ0v) is 34.6. The monoisotopic (exact) mass is 886 g/mol. The van der Waals surface area contributed by atoms with E-state index in [1.807, 2.05) is 0 Å². The number of nitrogens with one attached hydrogen (secondary N) is 2. The molecule has 4 unspecified atom stereocenters. The molecular weight excluding hydrogens is 844 g/mol. The maximum absolute atomic E-state index is 15.1. The minimum Gasteiger partial charge on any atom is -0.490 e.